The van der Waals surface area contributed by atoms with Crippen molar-refractivity contribution in [3.05, 3.63) is 23.8 Å². The molecule has 0 saturated carbocycles. The Bertz CT molecular complexity index is 511. The third-order valence-electron chi connectivity index (χ3n) is 3.30. The Kier molecular flexibility index (Phi) is 10.4. The maximum atomic E-state index is 11.9. The summed E-state index contributed by atoms with van der Waals surface area (Å²) in [7, 11) is 3.11. The Labute approximate surface area is 150 Å². The van der Waals surface area contributed by atoms with Crippen LogP contribution in [0.15, 0.2) is 18.2 Å². The second-order valence-corrected chi connectivity index (χ2v) is 5.91. The number of benzene rings is 1. The quantitative estimate of drug-likeness (QED) is 0.706. The fourth-order valence-corrected chi connectivity index (χ4v) is 1.99. The fraction of sp³-hybridized carbons (Fsp3) is 0.588. The molecule has 0 aliphatic heterocycles. The molecule has 1 rings (SSSR count). The van der Waals surface area contributed by atoms with Crippen molar-refractivity contribution in [2.24, 2.45) is 11.7 Å². The molecule has 24 heavy (non-hydrogen) atoms. The number of nitrogens with two attached hydrogens (primary N) is 1. The van der Waals surface area contributed by atoms with Crippen molar-refractivity contribution < 1.29 is 19.0 Å². The highest BCUT2D eigenvalue weighted by Gasteiger charge is 2.17. The molecule has 0 heterocycles. The molecule has 0 aliphatic carbocycles. The van der Waals surface area contributed by atoms with Crippen LogP contribution in [0.5, 0.6) is 11.5 Å². The van der Waals surface area contributed by atoms with Crippen LogP contribution in [0.2, 0.25) is 0 Å². The number of ether oxygens (including phenoxy) is 3. The van der Waals surface area contributed by atoms with E-state index in [1.165, 1.54) is 7.11 Å². The van der Waals surface area contributed by atoms with Gasteiger partial charge in [0.2, 0.25) is 5.91 Å². The SMILES string of the molecule is COCC(N)C(=O)NC(C)c1ccc(OCC(C)C)c(OC)c1.Cl. The molecule has 2 atom stereocenters. The average Bonchev–Trinajstić information content (AvgIpc) is 2.52. The van der Waals surface area contributed by atoms with Gasteiger partial charge in [0.1, 0.15) is 6.04 Å². The van der Waals surface area contributed by atoms with Crippen molar-refractivity contribution >= 4 is 18.3 Å². The summed E-state index contributed by atoms with van der Waals surface area (Å²) in [6, 6.07) is 4.75. The van der Waals surface area contributed by atoms with Crippen molar-refractivity contribution in [3.8, 4) is 11.5 Å². The number of carbonyl (C=O) groups excluding carboxylic acids is 1. The van der Waals surface area contributed by atoms with Crippen LogP contribution in [0.4, 0.5) is 0 Å². The lowest BCUT2D eigenvalue weighted by molar-refractivity contribution is -0.124. The fourth-order valence-electron chi connectivity index (χ4n) is 1.99. The Morgan fingerprint density at radius 1 is 1.17 bits per heavy atom. The van der Waals surface area contributed by atoms with Crippen molar-refractivity contribution in [1.82, 2.24) is 5.32 Å². The van der Waals surface area contributed by atoms with Gasteiger partial charge in [-0.2, -0.15) is 0 Å². The first-order valence-corrected chi connectivity index (χ1v) is 7.74. The van der Waals surface area contributed by atoms with Gasteiger partial charge in [0, 0.05) is 7.11 Å². The zero-order valence-electron chi connectivity index (χ0n) is 15.0. The molecule has 0 fully saturated rings. The number of rotatable bonds is 9. The summed E-state index contributed by atoms with van der Waals surface area (Å²) in [6.45, 7) is 6.86. The Morgan fingerprint density at radius 3 is 2.38 bits per heavy atom. The van der Waals surface area contributed by atoms with Gasteiger partial charge in [0.05, 0.1) is 26.4 Å². The number of halogens is 1. The van der Waals surface area contributed by atoms with Gasteiger partial charge in [-0.25, -0.2) is 0 Å². The summed E-state index contributed by atoms with van der Waals surface area (Å²) in [4.78, 5) is 11.9. The second kappa shape index (κ2) is 11.1. The minimum Gasteiger partial charge on any atom is -0.493 e. The molecule has 0 saturated heterocycles. The maximum Gasteiger partial charge on any atom is 0.239 e. The number of hydrogen-bond acceptors (Lipinski definition) is 5. The molecule has 138 valence electrons. The predicted octanol–water partition coefficient (Wildman–Crippen LogP) is 2.30. The van der Waals surface area contributed by atoms with Gasteiger partial charge in [0.15, 0.2) is 11.5 Å². The molecule has 0 aliphatic rings. The van der Waals surface area contributed by atoms with E-state index in [-0.39, 0.29) is 31.0 Å². The number of methoxy groups -OCH3 is 2. The van der Waals surface area contributed by atoms with E-state index in [4.69, 9.17) is 19.9 Å². The van der Waals surface area contributed by atoms with Crippen LogP contribution in [-0.2, 0) is 9.53 Å². The van der Waals surface area contributed by atoms with Gasteiger partial charge < -0.3 is 25.3 Å². The van der Waals surface area contributed by atoms with E-state index < -0.39 is 6.04 Å². The first-order chi connectivity index (χ1) is 10.9. The molecule has 0 aromatic heterocycles. The van der Waals surface area contributed by atoms with E-state index >= 15 is 0 Å². The second-order valence-electron chi connectivity index (χ2n) is 5.91. The van der Waals surface area contributed by atoms with E-state index in [0.717, 1.165) is 5.56 Å². The zero-order chi connectivity index (χ0) is 17.4. The van der Waals surface area contributed by atoms with Gasteiger partial charge in [-0.05, 0) is 30.5 Å². The first kappa shape index (κ1) is 22.5. The van der Waals surface area contributed by atoms with Crippen LogP contribution < -0.4 is 20.5 Å². The Hall–Kier alpha value is -1.50. The van der Waals surface area contributed by atoms with Gasteiger partial charge in [-0.1, -0.05) is 19.9 Å². The molecule has 3 N–H and O–H groups in total. The number of carbonyl (C=O) groups is 1. The summed E-state index contributed by atoms with van der Waals surface area (Å²) in [5.41, 5.74) is 6.63. The molecule has 1 aromatic rings. The van der Waals surface area contributed by atoms with E-state index in [0.29, 0.717) is 24.0 Å². The van der Waals surface area contributed by atoms with Crippen LogP contribution in [0.1, 0.15) is 32.4 Å². The van der Waals surface area contributed by atoms with Crippen LogP contribution in [-0.4, -0.2) is 39.4 Å². The van der Waals surface area contributed by atoms with Gasteiger partial charge in [0.25, 0.3) is 0 Å². The summed E-state index contributed by atoms with van der Waals surface area (Å²) in [5, 5.41) is 2.86. The zero-order valence-corrected chi connectivity index (χ0v) is 15.8. The molecule has 6 nitrogen and oxygen atoms in total. The minimum absolute atomic E-state index is 0. The molecule has 0 radical (unpaired) electrons. The molecule has 7 heteroatoms. The topological polar surface area (TPSA) is 82.8 Å². The summed E-state index contributed by atoms with van der Waals surface area (Å²) >= 11 is 0. The summed E-state index contributed by atoms with van der Waals surface area (Å²) in [5.74, 6) is 1.52. The van der Waals surface area contributed by atoms with E-state index in [1.54, 1.807) is 7.11 Å². The Morgan fingerprint density at radius 2 is 1.83 bits per heavy atom. The van der Waals surface area contributed by atoms with Gasteiger partial charge in [-0.15, -0.1) is 12.4 Å². The molecule has 0 spiro atoms. The van der Waals surface area contributed by atoms with Crippen molar-refractivity contribution in [1.29, 1.82) is 0 Å². The lowest BCUT2D eigenvalue weighted by Gasteiger charge is -2.19. The summed E-state index contributed by atoms with van der Waals surface area (Å²) < 4.78 is 16.0. The molecular formula is C17H29ClN2O4. The Balaban J connectivity index is 0.00000529. The molecule has 0 bridgehead atoms. The molecule has 1 amide bonds. The third-order valence-corrected chi connectivity index (χ3v) is 3.30. The number of hydrogen-bond donors (Lipinski definition) is 2. The highest BCUT2D eigenvalue weighted by atomic mass is 35.5. The highest BCUT2D eigenvalue weighted by molar-refractivity contribution is 5.85. The third kappa shape index (κ3) is 6.95. The average molecular weight is 361 g/mol. The molecule has 2 unspecified atom stereocenters. The van der Waals surface area contributed by atoms with Crippen molar-refractivity contribution in [2.75, 3.05) is 27.4 Å². The van der Waals surface area contributed by atoms with Gasteiger partial charge >= 0.3 is 0 Å². The van der Waals surface area contributed by atoms with E-state index in [2.05, 4.69) is 19.2 Å². The normalized spacial score (nSPS) is 13.0. The van der Waals surface area contributed by atoms with Crippen LogP contribution >= 0.6 is 12.4 Å². The standard InChI is InChI=1S/C17H28N2O4.ClH/c1-11(2)9-23-15-7-6-13(8-16(15)22-5)12(3)19-17(20)14(18)10-21-4;/h6-8,11-12,14H,9-10,18H2,1-5H3,(H,19,20);1H. The smallest absolute Gasteiger partial charge is 0.239 e. The maximum absolute atomic E-state index is 11.9. The first-order valence-electron chi connectivity index (χ1n) is 7.74. The van der Waals surface area contributed by atoms with Gasteiger partial charge in [-0.3, -0.25) is 4.79 Å². The lowest BCUT2D eigenvalue weighted by Crippen LogP contribution is -2.44. The van der Waals surface area contributed by atoms with E-state index in [1.807, 2.05) is 25.1 Å². The minimum atomic E-state index is -0.682. The predicted molar refractivity (Wildman–Crippen MR) is 97.0 cm³/mol. The number of nitrogens with one attached hydrogen (secondary N) is 1. The van der Waals surface area contributed by atoms with Crippen LogP contribution in [0.25, 0.3) is 0 Å². The molecular weight excluding hydrogens is 332 g/mol. The van der Waals surface area contributed by atoms with E-state index in [9.17, 15) is 4.79 Å². The van der Waals surface area contributed by atoms with Crippen LogP contribution in [0.3, 0.4) is 0 Å². The van der Waals surface area contributed by atoms with Crippen molar-refractivity contribution in [2.45, 2.75) is 32.9 Å². The lowest BCUT2D eigenvalue weighted by atomic mass is 10.1. The van der Waals surface area contributed by atoms with Crippen molar-refractivity contribution in [3.63, 3.8) is 0 Å². The highest BCUT2D eigenvalue weighted by Crippen LogP contribution is 2.30. The molecule has 1 aromatic carbocycles. The monoisotopic (exact) mass is 360 g/mol. The van der Waals surface area contributed by atoms with Crippen LogP contribution in [0, 0.1) is 5.92 Å². The summed E-state index contributed by atoms with van der Waals surface area (Å²) in [6.07, 6.45) is 0. The number of amides is 1. The largest absolute Gasteiger partial charge is 0.493 e.